The number of non-ortho nitro benzene ring substituents is 1. The van der Waals surface area contributed by atoms with Gasteiger partial charge in [0.25, 0.3) is 11.6 Å². The minimum atomic E-state index is -0.759. The van der Waals surface area contributed by atoms with Crippen molar-refractivity contribution in [3.63, 3.8) is 0 Å². The fraction of sp³-hybridized carbons (Fsp3) is 0.0625. The van der Waals surface area contributed by atoms with E-state index in [-0.39, 0.29) is 22.5 Å². The lowest BCUT2D eigenvalue weighted by Gasteiger charge is -2.07. The highest BCUT2D eigenvalue weighted by Gasteiger charge is 2.12. The van der Waals surface area contributed by atoms with Crippen molar-refractivity contribution in [2.24, 2.45) is 5.73 Å². The first-order valence-corrected chi connectivity index (χ1v) is 6.98. The number of carbonyl (C=O) groups excluding carboxylic acids is 3. The number of amides is 2. The van der Waals surface area contributed by atoms with Crippen LogP contribution in [0.2, 0.25) is 0 Å². The summed E-state index contributed by atoms with van der Waals surface area (Å²) in [6, 6.07) is 10.8. The zero-order chi connectivity index (χ0) is 18.4. The van der Waals surface area contributed by atoms with Crippen molar-refractivity contribution in [1.82, 2.24) is 0 Å². The van der Waals surface area contributed by atoms with Crippen LogP contribution in [0.15, 0.2) is 48.5 Å². The topological polar surface area (TPSA) is 142 Å². The molecule has 0 saturated heterocycles. The normalized spacial score (nSPS) is 9.92. The lowest BCUT2D eigenvalue weighted by Crippen LogP contribution is -2.21. The van der Waals surface area contributed by atoms with Crippen molar-refractivity contribution in [3.8, 4) is 0 Å². The van der Waals surface area contributed by atoms with Crippen LogP contribution in [0, 0.1) is 10.1 Å². The van der Waals surface area contributed by atoms with Gasteiger partial charge < -0.3 is 15.8 Å². The number of primary amides is 1. The largest absolute Gasteiger partial charge is 0.452 e. The van der Waals surface area contributed by atoms with E-state index >= 15 is 0 Å². The van der Waals surface area contributed by atoms with E-state index in [1.807, 2.05) is 0 Å². The molecule has 0 fully saturated rings. The van der Waals surface area contributed by atoms with Gasteiger partial charge in [-0.3, -0.25) is 19.7 Å². The molecule has 25 heavy (non-hydrogen) atoms. The first-order valence-electron chi connectivity index (χ1n) is 6.98. The Morgan fingerprint density at radius 1 is 1.08 bits per heavy atom. The molecular weight excluding hydrogens is 330 g/mol. The van der Waals surface area contributed by atoms with Gasteiger partial charge in [0, 0.05) is 23.4 Å². The highest BCUT2D eigenvalue weighted by Crippen LogP contribution is 2.16. The molecule has 0 atom stereocenters. The summed E-state index contributed by atoms with van der Waals surface area (Å²) in [5.74, 6) is -2.04. The molecule has 0 aliphatic heterocycles. The molecule has 0 bridgehead atoms. The lowest BCUT2D eigenvalue weighted by molar-refractivity contribution is -0.384. The van der Waals surface area contributed by atoms with Crippen LogP contribution in [0.4, 0.5) is 11.4 Å². The van der Waals surface area contributed by atoms with Gasteiger partial charge in [-0.25, -0.2) is 4.79 Å². The van der Waals surface area contributed by atoms with Crippen LogP contribution < -0.4 is 11.1 Å². The van der Waals surface area contributed by atoms with Gasteiger partial charge in [0.2, 0.25) is 5.91 Å². The maximum atomic E-state index is 11.8. The molecule has 0 aliphatic rings. The van der Waals surface area contributed by atoms with Crippen LogP contribution in [0.5, 0.6) is 0 Å². The summed E-state index contributed by atoms with van der Waals surface area (Å²) in [5.41, 5.74) is 5.51. The molecule has 2 rings (SSSR count). The number of nitrogens with one attached hydrogen (secondary N) is 1. The summed E-state index contributed by atoms with van der Waals surface area (Å²) in [6.45, 7) is -0.570. The van der Waals surface area contributed by atoms with Gasteiger partial charge in [0.1, 0.15) is 0 Å². The molecule has 2 aromatic rings. The van der Waals surface area contributed by atoms with E-state index < -0.39 is 29.3 Å². The van der Waals surface area contributed by atoms with Crippen LogP contribution in [0.25, 0.3) is 0 Å². The predicted octanol–water partition coefficient (Wildman–Crippen LogP) is 1.49. The number of nitrogens with two attached hydrogens (primary N) is 1. The maximum absolute atomic E-state index is 11.8. The lowest BCUT2D eigenvalue weighted by atomic mass is 10.1. The van der Waals surface area contributed by atoms with Crippen molar-refractivity contribution in [3.05, 3.63) is 69.8 Å². The zero-order valence-corrected chi connectivity index (χ0v) is 12.8. The second kappa shape index (κ2) is 7.68. The number of ether oxygens (including phenoxy) is 1. The number of benzene rings is 2. The second-order valence-electron chi connectivity index (χ2n) is 4.87. The van der Waals surface area contributed by atoms with Gasteiger partial charge in [-0.05, 0) is 30.3 Å². The quantitative estimate of drug-likeness (QED) is 0.462. The molecule has 0 aliphatic carbocycles. The number of nitro groups is 1. The Bertz CT molecular complexity index is 832. The molecule has 0 heterocycles. The Balaban J connectivity index is 1.91. The van der Waals surface area contributed by atoms with E-state index in [9.17, 15) is 24.5 Å². The van der Waals surface area contributed by atoms with Crippen LogP contribution >= 0.6 is 0 Å². The fourth-order valence-corrected chi connectivity index (χ4v) is 1.88. The third kappa shape index (κ3) is 4.86. The SMILES string of the molecule is NC(=O)c1ccc(C(=O)OCC(=O)Nc2cccc([N+](=O)[O-])c2)cc1. The van der Waals surface area contributed by atoms with E-state index in [1.165, 1.54) is 48.5 Å². The average molecular weight is 343 g/mol. The summed E-state index contributed by atoms with van der Waals surface area (Å²) in [4.78, 5) is 44.6. The molecule has 2 aromatic carbocycles. The Labute approximate surface area is 141 Å². The number of hydrogen-bond donors (Lipinski definition) is 2. The van der Waals surface area contributed by atoms with Gasteiger partial charge in [-0.2, -0.15) is 0 Å². The van der Waals surface area contributed by atoms with E-state index in [0.29, 0.717) is 0 Å². The van der Waals surface area contributed by atoms with Gasteiger partial charge in [0.05, 0.1) is 10.5 Å². The van der Waals surface area contributed by atoms with Crippen LogP contribution in [0.3, 0.4) is 0 Å². The summed E-state index contributed by atoms with van der Waals surface area (Å²) in [7, 11) is 0. The molecule has 0 aromatic heterocycles. The zero-order valence-electron chi connectivity index (χ0n) is 12.8. The summed E-state index contributed by atoms with van der Waals surface area (Å²) >= 11 is 0. The van der Waals surface area contributed by atoms with E-state index in [2.05, 4.69) is 5.32 Å². The van der Waals surface area contributed by atoms with Crippen molar-refractivity contribution < 1.29 is 24.0 Å². The third-order valence-electron chi connectivity index (χ3n) is 3.08. The van der Waals surface area contributed by atoms with Crippen molar-refractivity contribution >= 4 is 29.2 Å². The van der Waals surface area contributed by atoms with E-state index in [4.69, 9.17) is 10.5 Å². The Hall–Kier alpha value is -3.75. The summed E-state index contributed by atoms with van der Waals surface area (Å²) < 4.78 is 4.84. The van der Waals surface area contributed by atoms with Crippen molar-refractivity contribution in [1.29, 1.82) is 0 Å². The number of anilines is 1. The minimum absolute atomic E-state index is 0.146. The molecule has 9 heteroatoms. The van der Waals surface area contributed by atoms with E-state index in [0.717, 1.165) is 0 Å². The van der Waals surface area contributed by atoms with Crippen LogP contribution in [-0.4, -0.2) is 29.3 Å². The van der Waals surface area contributed by atoms with Gasteiger partial charge in [-0.1, -0.05) is 6.07 Å². The average Bonchev–Trinajstić information content (AvgIpc) is 2.60. The van der Waals surface area contributed by atoms with Gasteiger partial charge in [-0.15, -0.1) is 0 Å². The minimum Gasteiger partial charge on any atom is -0.452 e. The smallest absolute Gasteiger partial charge is 0.338 e. The van der Waals surface area contributed by atoms with Gasteiger partial charge in [0.15, 0.2) is 6.61 Å². The number of nitrogens with zero attached hydrogens (tertiary/aromatic N) is 1. The molecule has 0 saturated carbocycles. The number of hydrogen-bond acceptors (Lipinski definition) is 6. The first-order chi connectivity index (χ1) is 11.9. The highest BCUT2D eigenvalue weighted by atomic mass is 16.6. The Morgan fingerprint density at radius 2 is 1.72 bits per heavy atom. The van der Waals surface area contributed by atoms with Crippen molar-refractivity contribution in [2.45, 2.75) is 0 Å². The van der Waals surface area contributed by atoms with Crippen LogP contribution in [0.1, 0.15) is 20.7 Å². The molecule has 3 N–H and O–H groups in total. The highest BCUT2D eigenvalue weighted by molar-refractivity contribution is 5.97. The fourth-order valence-electron chi connectivity index (χ4n) is 1.88. The predicted molar refractivity (Wildman–Crippen MR) is 87.0 cm³/mol. The molecule has 2 amide bonds. The summed E-state index contributed by atoms with van der Waals surface area (Å²) in [6.07, 6.45) is 0. The number of esters is 1. The van der Waals surface area contributed by atoms with Crippen molar-refractivity contribution in [2.75, 3.05) is 11.9 Å². The Morgan fingerprint density at radius 3 is 2.32 bits per heavy atom. The maximum Gasteiger partial charge on any atom is 0.338 e. The van der Waals surface area contributed by atoms with Crippen LogP contribution in [-0.2, 0) is 9.53 Å². The first kappa shape index (κ1) is 17.6. The molecule has 0 radical (unpaired) electrons. The molecule has 0 unspecified atom stereocenters. The summed E-state index contributed by atoms with van der Waals surface area (Å²) in [5, 5.41) is 13.1. The molecule has 128 valence electrons. The molecule has 9 nitrogen and oxygen atoms in total. The number of carbonyl (C=O) groups is 3. The third-order valence-corrected chi connectivity index (χ3v) is 3.08. The number of nitro benzene ring substituents is 1. The number of rotatable bonds is 6. The van der Waals surface area contributed by atoms with Gasteiger partial charge >= 0.3 is 5.97 Å². The standard InChI is InChI=1S/C16H13N3O6/c17-15(21)10-4-6-11(7-5-10)16(22)25-9-14(20)18-12-2-1-3-13(8-12)19(23)24/h1-8H,9H2,(H2,17,21)(H,18,20). The molecule has 0 spiro atoms. The monoisotopic (exact) mass is 343 g/mol. The molecular formula is C16H13N3O6. The second-order valence-corrected chi connectivity index (χ2v) is 4.87. The van der Waals surface area contributed by atoms with E-state index in [1.54, 1.807) is 0 Å². The Kier molecular flexibility index (Phi) is 5.41.